The van der Waals surface area contributed by atoms with Gasteiger partial charge >= 0.3 is 6.09 Å². The maximum absolute atomic E-state index is 11.8. The molecule has 2 aromatic carbocycles. The van der Waals surface area contributed by atoms with Crippen LogP contribution in [-0.4, -0.2) is 23.7 Å². The van der Waals surface area contributed by atoms with Crippen LogP contribution in [0.15, 0.2) is 63.8 Å². The Balaban J connectivity index is 1.68. The van der Waals surface area contributed by atoms with Crippen molar-refractivity contribution in [1.29, 1.82) is 0 Å². The molecule has 0 bridgehead atoms. The van der Waals surface area contributed by atoms with E-state index in [1.807, 2.05) is 52.2 Å². The molecule has 3 rings (SSSR count). The first-order valence-corrected chi connectivity index (χ1v) is 10.9. The summed E-state index contributed by atoms with van der Waals surface area (Å²) in [5, 5.41) is 6.82. The van der Waals surface area contributed by atoms with Crippen LogP contribution in [0.3, 0.4) is 0 Å². The number of alkyl carbamates (subject to hydrolysis) is 1. The van der Waals surface area contributed by atoms with Gasteiger partial charge in [-0.05, 0) is 50.1 Å². The Kier molecular flexibility index (Phi) is 6.82. The zero-order chi connectivity index (χ0) is 20.9. The van der Waals surface area contributed by atoms with Crippen molar-refractivity contribution in [3.8, 4) is 11.1 Å². The van der Waals surface area contributed by atoms with E-state index in [1.54, 1.807) is 23.1 Å². The van der Waals surface area contributed by atoms with Crippen LogP contribution in [0.2, 0.25) is 0 Å². The molecule has 29 heavy (non-hydrogen) atoms. The van der Waals surface area contributed by atoms with Crippen LogP contribution in [-0.2, 0) is 11.3 Å². The second-order valence-electron chi connectivity index (χ2n) is 7.39. The number of anilines is 1. The summed E-state index contributed by atoms with van der Waals surface area (Å²) in [6.07, 6.45) is 1.41. The molecule has 0 saturated heterocycles. The Bertz CT molecular complexity index is 966. The van der Waals surface area contributed by atoms with Crippen molar-refractivity contribution in [2.45, 2.75) is 42.0 Å². The molecule has 0 atom stereocenters. The van der Waals surface area contributed by atoms with Gasteiger partial charge in [0.2, 0.25) is 0 Å². The van der Waals surface area contributed by atoms with Crippen molar-refractivity contribution in [3.05, 3.63) is 59.7 Å². The highest BCUT2D eigenvalue weighted by atomic mass is 32.2. The number of amides is 1. The third kappa shape index (κ3) is 6.51. The Labute approximate surface area is 179 Å². The molecule has 7 heteroatoms. The summed E-state index contributed by atoms with van der Waals surface area (Å²) in [6, 6.07) is 16.8. The minimum Gasteiger partial charge on any atom is -0.444 e. The van der Waals surface area contributed by atoms with Crippen LogP contribution in [0.4, 0.5) is 10.5 Å². The summed E-state index contributed by atoms with van der Waals surface area (Å²) >= 11 is 3.23. The van der Waals surface area contributed by atoms with Crippen LogP contribution in [0, 0.1) is 0 Å². The summed E-state index contributed by atoms with van der Waals surface area (Å²) in [6.45, 7) is 5.88. The lowest BCUT2D eigenvalue weighted by Gasteiger charge is -2.19. The molecule has 2 N–H and O–H groups in total. The van der Waals surface area contributed by atoms with E-state index >= 15 is 0 Å². The molecule has 0 aliphatic rings. The third-order valence-electron chi connectivity index (χ3n) is 3.84. The van der Waals surface area contributed by atoms with Gasteiger partial charge in [-0.2, -0.15) is 0 Å². The van der Waals surface area contributed by atoms with E-state index in [2.05, 4.69) is 45.9 Å². The number of ether oxygens (including phenoxy) is 1. The summed E-state index contributed by atoms with van der Waals surface area (Å²) in [7, 11) is 1.92. The zero-order valence-electron chi connectivity index (χ0n) is 17.0. The first kappa shape index (κ1) is 21.2. The second-order valence-corrected chi connectivity index (χ2v) is 9.88. The van der Waals surface area contributed by atoms with Gasteiger partial charge in [0.05, 0.1) is 17.0 Å². The predicted molar refractivity (Wildman–Crippen MR) is 121 cm³/mol. The number of hydrogen-bond acceptors (Lipinski definition) is 6. The Hall–Kier alpha value is -2.51. The molecule has 0 radical (unpaired) electrons. The number of carbonyl (C=O) groups is 1. The van der Waals surface area contributed by atoms with E-state index in [0.29, 0.717) is 6.54 Å². The van der Waals surface area contributed by atoms with Gasteiger partial charge in [-0.25, -0.2) is 9.78 Å². The van der Waals surface area contributed by atoms with Crippen LogP contribution in [0.1, 0.15) is 25.8 Å². The van der Waals surface area contributed by atoms with E-state index in [9.17, 15) is 4.79 Å². The van der Waals surface area contributed by atoms with E-state index in [4.69, 9.17) is 4.74 Å². The molecule has 1 aromatic heterocycles. The SMILES string of the molecule is CNc1cc(Sc2cnc(CNC(=O)OC(C)(C)C)s2)cc(-c2ccccc2)c1. The summed E-state index contributed by atoms with van der Waals surface area (Å²) in [5.74, 6) is 0. The van der Waals surface area contributed by atoms with Crippen molar-refractivity contribution in [1.82, 2.24) is 10.3 Å². The van der Waals surface area contributed by atoms with Gasteiger partial charge < -0.3 is 15.4 Å². The smallest absolute Gasteiger partial charge is 0.408 e. The Morgan fingerprint density at radius 2 is 1.90 bits per heavy atom. The largest absolute Gasteiger partial charge is 0.444 e. The number of hydrogen-bond donors (Lipinski definition) is 2. The van der Waals surface area contributed by atoms with Gasteiger partial charge in [-0.3, -0.25) is 0 Å². The third-order valence-corrected chi connectivity index (χ3v) is 5.91. The number of benzene rings is 2. The summed E-state index contributed by atoms with van der Waals surface area (Å²) in [4.78, 5) is 17.4. The maximum Gasteiger partial charge on any atom is 0.408 e. The number of thiazole rings is 1. The van der Waals surface area contributed by atoms with E-state index < -0.39 is 11.7 Å². The molecule has 152 valence electrons. The quantitative estimate of drug-likeness (QED) is 0.503. The monoisotopic (exact) mass is 427 g/mol. The van der Waals surface area contributed by atoms with Gasteiger partial charge in [0.15, 0.2) is 0 Å². The molecule has 3 aromatic rings. The second kappa shape index (κ2) is 9.33. The lowest BCUT2D eigenvalue weighted by atomic mass is 10.1. The van der Waals surface area contributed by atoms with Gasteiger partial charge in [-0.1, -0.05) is 42.1 Å². The average Bonchev–Trinajstić information content (AvgIpc) is 3.13. The van der Waals surface area contributed by atoms with Crippen molar-refractivity contribution in [3.63, 3.8) is 0 Å². The number of rotatable bonds is 6. The Morgan fingerprint density at radius 1 is 1.14 bits per heavy atom. The average molecular weight is 428 g/mol. The highest BCUT2D eigenvalue weighted by Gasteiger charge is 2.16. The molecule has 0 unspecified atom stereocenters. The number of nitrogens with one attached hydrogen (secondary N) is 2. The molecule has 0 saturated carbocycles. The van der Waals surface area contributed by atoms with Crippen LogP contribution < -0.4 is 10.6 Å². The van der Waals surface area contributed by atoms with Gasteiger partial charge in [-0.15, -0.1) is 11.3 Å². The van der Waals surface area contributed by atoms with E-state index in [1.165, 1.54) is 5.56 Å². The number of aromatic nitrogens is 1. The highest BCUT2D eigenvalue weighted by Crippen LogP contribution is 2.36. The molecular weight excluding hydrogens is 402 g/mol. The molecule has 0 aliphatic carbocycles. The zero-order valence-corrected chi connectivity index (χ0v) is 18.6. The molecule has 5 nitrogen and oxygen atoms in total. The summed E-state index contributed by atoms with van der Waals surface area (Å²) in [5.41, 5.74) is 2.89. The summed E-state index contributed by atoms with van der Waals surface area (Å²) < 4.78 is 6.33. The fourth-order valence-corrected chi connectivity index (χ4v) is 4.64. The van der Waals surface area contributed by atoms with Crippen LogP contribution in [0.25, 0.3) is 11.1 Å². The normalized spacial score (nSPS) is 11.2. The maximum atomic E-state index is 11.8. The number of nitrogens with zero attached hydrogens (tertiary/aromatic N) is 1. The predicted octanol–water partition coefficient (Wildman–Crippen LogP) is 6.03. The lowest BCUT2D eigenvalue weighted by Crippen LogP contribution is -2.32. The van der Waals surface area contributed by atoms with E-state index in [0.717, 1.165) is 25.4 Å². The van der Waals surface area contributed by atoms with Crippen molar-refractivity contribution >= 4 is 34.9 Å². The minimum absolute atomic E-state index is 0.353. The molecule has 0 fully saturated rings. The molecule has 1 amide bonds. The van der Waals surface area contributed by atoms with Gasteiger partial charge in [0.25, 0.3) is 0 Å². The van der Waals surface area contributed by atoms with Crippen LogP contribution >= 0.6 is 23.1 Å². The topological polar surface area (TPSA) is 63.2 Å². The minimum atomic E-state index is -0.511. The highest BCUT2D eigenvalue weighted by molar-refractivity contribution is 8.01. The first-order valence-electron chi connectivity index (χ1n) is 9.30. The van der Waals surface area contributed by atoms with Crippen LogP contribution in [0.5, 0.6) is 0 Å². The molecule has 0 aliphatic heterocycles. The van der Waals surface area contributed by atoms with Crippen molar-refractivity contribution in [2.75, 3.05) is 12.4 Å². The lowest BCUT2D eigenvalue weighted by molar-refractivity contribution is 0.0523. The molecular formula is C22H25N3O2S2. The standard InChI is InChI=1S/C22H25N3O2S2/c1-22(2,3)27-21(26)25-13-19-24-14-20(29-19)28-18-11-16(10-17(12-18)23-4)15-8-6-5-7-9-15/h5-12,14,23H,13H2,1-4H3,(H,25,26). The number of carbonyl (C=O) groups excluding carboxylic acids is 1. The fraction of sp³-hybridized carbons (Fsp3) is 0.273. The molecule has 1 heterocycles. The fourth-order valence-electron chi connectivity index (χ4n) is 2.60. The van der Waals surface area contributed by atoms with Crippen molar-refractivity contribution in [2.24, 2.45) is 0 Å². The molecule has 0 spiro atoms. The van der Waals surface area contributed by atoms with E-state index in [-0.39, 0.29) is 0 Å². The van der Waals surface area contributed by atoms with Crippen molar-refractivity contribution < 1.29 is 9.53 Å². The van der Waals surface area contributed by atoms with Gasteiger partial charge in [0.1, 0.15) is 10.6 Å². The Morgan fingerprint density at radius 3 is 2.59 bits per heavy atom. The first-order chi connectivity index (χ1) is 13.8. The van der Waals surface area contributed by atoms with Gasteiger partial charge in [0, 0.05) is 17.6 Å².